The highest BCUT2D eigenvalue weighted by atomic mass is 16.2. The van der Waals surface area contributed by atoms with E-state index in [4.69, 9.17) is 0 Å². The van der Waals surface area contributed by atoms with E-state index in [-0.39, 0.29) is 11.9 Å². The predicted octanol–water partition coefficient (Wildman–Crippen LogP) is 1.77. The number of hydrogen-bond acceptors (Lipinski definition) is 2. The molecule has 3 nitrogen and oxygen atoms in total. The SMILES string of the molecule is CCC(Nc1[c]cccc1)C(=O)N(C)C. The molecule has 0 aliphatic carbocycles. The maximum absolute atomic E-state index is 11.7. The molecule has 1 radical (unpaired) electrons. The lowest BCUT2D eigenvalue weighted by atomic mass is 10.2. The normalized spacial score (nSPS) is 11.9. The van der Waals surface area contributed by atoms with Gasteiger partial charge in [0.05, 0.1) is 0 Å². The first kappa shape index (κ1) is 11.6. The number of likely N-dealkylation sites (N-methyl/N-ethyl adjacent to an activating group) is 1. The van der Waals surface area contributed by atoms with Gasteiger partial charge in [0.15, 0.2) is 0 Å². The van der Waals surface area contributed by atoms with Gasteiger partial charge >= 0.3 is 0 Å². The summed E-state index contributed by atoms with van der Waals surface area (Å²) in [4.78, 5) is 13.3. The number of carbonyl (C=O) groups excluding carboxylic acids is 1. The molecule has 1 unspecified atom stereocenters. The number of carbonyl (C=O) groups is 1. The first-order chi connectivity index (χ1) is 7.15. The zero-order valence-electron chi connectivity index (χ0n) is 9.45. The average molecular weight is 205 g/mol. The topological polar surface area (TPSA) is 32.3 Å². The van der Waals surface area contributed by atoms with Crippen LogP contribution < -0.4 is 5.32 Å². The Morgan fingerprint density at radius 3 is 2.73 bits per heavy atom. The molecule has 0 spiro atoms. The van der Waals surface area contributed by atoms with E-state index in [1.54, 1.807) is 19.0 Å². The van der Waals surface area contributed by atoms with E-state index in [0.717, 1.165) is 12.1 Å². The van der Waals surface area contributed by atoms with Crippen LogP contribution in [0, 0.1) is 6.07 Å². The minimum atomic E-state index is -0.168. The summed E-state index contributed by atoms with van der Waals surface area (Å²) in [7, 11) is 3.53. The predicted molar refractivity (Wildman–Crippen MR) is 61.7 cm³/mol. The summed E-state index contributed by atoms with van der Waals surface area (Å²) in [6, 6.07) is 10.4. The highest BCUT2D eigenvalue weighted by Gasteiger charge is 2.17. The molecule has 1 aromatic rings. The Balaban J connectivity index is 2.66. The smallest absolute Gasteiger partial charge is 0.244 e. The highest BCUT2D eigenvalue weighted by Crippen LogP contribution is 2.09. The molecule has 0 aromatic heterocycles. The standard InChI is InChI=1S/C12H17N2O/c1-4-11(12(15)14(2)3)13-10-8-6-5-7-9-10/h5-8,11,13H,4H2,1-3H3. The van der Waals surface area contributed by atoms with E-state index in [1.165, 1.54) is 0 Å². The summed E-state index contributed by atoms with van der Waals surface area (Å²) in [5.74, 6) is 0.0924. The van der Waals surface area contributed by atoms with Crippen molar-refractivity contribution < 1.29 is 4.79 Å². The second-order valence-corrected chi connectivity index (χ2v) is 3.61. The van der Waals surface area contributed by atoms with E-state index in [0.29, 0.717) is 0 Å². The maximum Gasteiger partial charge on any atom is 0.244 e. The van der Waals surface area contributed by atoms with Gasteiger partial charge in [0.25, 0.3) is 0 Å². The second kappa shape index (κ2) is 5.39. The minimum Gasteiger partial charge on any atom is -0.373 e. The van der Waals surface area contributed by atoms with Crippen molar-refractivity contribution in [1.29, 1.82) is 0 Å². The third-order valence-electron chi connectivity index (χ3n) is 2.19. The summed E-state index contributed by atoms with van der Waals surface area (Å²) < 4.78 is 0. The summed E-state index contributed by atoms with van der Waals surface area (Å²) >= 11 is 0. The van der Waals surface area contributed by atoms with Crippen molar-refractivity contribution in [3.8, 4) is 0 Å². The van der Waals surface area contributed by atoms with Gasteiger partial charge in [0.2, 0.25) is 5.91 Å². The molecule has 0 aliphatic heterocycles. The number of nitrogens with one attached hydrogen (secondary N) is 1. The van der Waals surface area contributed by atoms with Gasteiger partial charge in [-0.3, -0.25) is 4.79 Å². The van der Waals surface area contributed by atoms with E-state index >= 15 is 0 Å². The molecule has 0 aliphatic rings. The Bertz CT molecular complexity index is 309. The third kappa shape index (κ3) is 3.27. The molecule has 1 atom stereocenters. The van der Waals surface area contributed by atoms with Gasteiger partial charge in [0.1, 0.15) is 6.04 Å². The van der Waals surface area contributed by atoms with Crippen LogP contribution in [0.3, 0.4) is 0 Å². The fourth-order valence-corrected chi connectivity index (χ4v) is 1.32. The van der Waals surface area contributed by atoms with Crippen LogP contribution in [0.4, 0.5) is 5.69 Å². The van der Waals surface area contributed by atoms with Crippen molar-refractivity contribution in [3.05, 3.63) is 30.3 Å². The average Bonchev–Trinajstić information content (AvgIpc) is 2.26. The Morgan fingerprint density at radius 1 is 1.53 bits per heavy atom. The van der Waals surface area contributed by atoms with E-state index in [2.05, 4.69) is 11.4 Å². The van der Waals surface area contributed by atoms with Crippen LogP contribution in [-0.2, 0) is 4.79 Å². The van der Waals surface area contributed by atoms with Gasteiger partial charge in [-0.2, -0.15) is 0 Å². The monoisotopic (exact) mass is 205 g/mol. The molecule has 0 bridgehead atoms. The molecule has 0 saturated heterocycles. The van der Waals surface area contributed by atoms with Crippen molar-refractivity contribution in [2.24, 2.45) is 0 Å². The fourth-order valence-electron chi connectivity index (χ4n) is 1.32. The lowest BCUT2D eigenvalue weighted by molar-refractivity contribution is -0.129. The molecular weight excluding hydrogens is 188 g/mol. The van der Waals surface area contributed by atoms with Gasteiger partial charge in [-0.15, -0.1) is 0 Å². The Hall–Kier alpha value is -1.51. The number of benzene rings is 1. The molecule has 1 amide bonds. The number of amides is 1. The van der Waals surface area contributed by atoms with Crippen molar-refractivity contribution >= 4 is 11.6 Å². The number of rotatable bonds is 4. The van der Waals surface area contributed by atoms with E-state index < -0.39 is 0 Å². The van der Waals surface area contributed by atoms with Gasteiger partial charge in [-0.1, -0.05) is 25.1 Å². The molecule has 3 heteroatoms. The third-order valence-corrected chi connectivity index (χ3v) is 2.19. The van der Waals surface area contributed by atoms with E-state index in [1.807, 2.05) is 31.2 Å². The Labute approximate surface area is 91.1 Å². The van der Waals surface area contributed by atoms with Crippen LogP contribution in [0.1, 0.15) is 13.3 Å². The molecule has 1 aromatic carbocycles. The Morgan fingerprint density at radius 2 is 2.27 bits per heavy atom. The van der Waals surface area contributed by atoms with Crippen molar-refractivity contribution in [1.82, 2.24) is 4.90 Å². The van der Waals surface area contributed by atoms with Gasteiger partial charge in [-0.05, 0) is 12.5 Å². The molecule has 81 valence electrons. The molecule has 15 heavy (non-hydrogen) atoms. The highest BCUT2D eigenvalue weighted by molar-refractivity contribution is 5.84. The van der Waals surface area contributed by atoms with Crippen LogP contribution in [0.2, 0.25) is 0 Å². The zero-order valence-corrected chi connectivity index (χ0v) is 9.45. The number of anilines is 1. The molecular formula is C12H17N2O. The van der Waals surface area contributed by atoms with Crippen molar-refractivity contribution in [3.63, 3.8) is 0 Å². The van der Waals surface area contributed by atoms with Gasteiger partial charge < -0.3 is 10.2 Å². The van der Waals surface area contributed by atoms with Crippen LogP contribution in [0.25, 0.3) is 0 Å². The maximum atomic E-state index is 11.7. The van der Waals surface area contributed by atoms with Gasteiger partial charge in [-0.25, -0.2) is 0 Å². The molecule has 1 rings (SSSR count). The van der Waals surface area contributed by atoms with Crippen LogP contribution in [0.5, 0.6) is 0 Å². The summed E-state index contributed by atoms with van der Waals surface area (Å²) in [6.45, 7) is 1.99. The van der Waals surface area contributed by atoms with Crippen molar-refractivity contribution in [2.45, 2.75) is 19.4 Å². The quantitative estimate of drug-likeness (QED) is 0.812. The molecule has 0 heterocycles. The number of hydrogen-bond donors (Lipinski definition) is 1. The molecule has 0 fully saturated rings. The lowest BCUT2D eigenvalue weighted by Crippen LogP contribution is -2.38. The zero-order chi connectivity index (χ0) is 11.3. The van der Waals surface area contributed by atoms with Crippen LogP contribution in [0.15, 0.2) is 24.3 Å². The van der Waals surface area contributed by atoms with Crippen LogP contribution in [-0.4, -0.2) is 30.9 Å². The molecule has 1 N–H and O–H groups in total. The van der Waals surface area contributed by atoms with Gasteiger partial charge in [0, 0.05) is 25.8 Å². The largest absolute Gasteiger partial charge is 0.373 e. The van der Waals surface area contributed by atoms with Crippen molar-refractivity contribution in [2.75, 3.05) is 19.4 Å². The minimum absolute atomic E-state index is 0.0924. The summed E-state index contributed by atoms with van der Waals surface area (Å²) in [5, 5.41) is 3.16. The lowest BCUT2D eigenvalue weighted by Gasteiger charge is -2.21. The summed E-state index contributed by atoms with van der Waals surface area (Å²) in [5.41, 5.74) is 0.861. The second-order valence-electron chi connectivity index (χ2n) is 3.61. The number of para-hydroxylation sites is 1. The summed E-state index contributed by atoms with van der Waals surface area (Å²) in [6.07, 6.45) is 0.764. The first-order valence-electron chi connectivity index (χ1n) is 5.09. The number of nitrogens with zero attached hydrogens (tertiary/aromatic N) is 1. The van der Waals surface area contributed by atoms with Crippen LogP contribution >= 0.6 is 0 Å². The first-order valence-corrected chi connectivity index (χ1v) is 5.09. The molecule has 0 saturated carbocycles. The fraction of sp³-hybridized carbons (Fsp3) is 0.417. The van der Waals surface area contributed by atoms with E-state index in [9.17, 15) is 4.79 Å². The Kier molecular flexibility index (Phi) is 4.16.